The number of phenols is 2. The second kappa shape index (κ2) is 11.8. The monoisotopic (exact) mass is 477 g/mol. The maximum atomic E-state index is 12.4. The van der Waals surface area contributed by atoms with E-state index in [9.17, 15) is 14.6 Å². The molecule has 3 aromatic carbocycles. The maximum Gasteiger partial charge on any atom is 0.127 e. The molecule has 1 saturated heterocycles. The smallest absolute Gasteiger partial charge is 0.127 e. The van der Waals surface area contributed by atoms with Crippen LogP contribution in [0.1, 0.15) is 24.5 Å². The zero-order valence-electron chi connectivity index (χ0n) is 20.0. The van der Waals surface area contributed by atoms with E-state index >= 15 is 0 Å². The number of nitrogens with zero attached hydrogens (tertiary/aromatic N) is 1. The van der Waals surface area contributed by atoms with Gasteiger partial charge < -0.3 is 19.7 Å². The minimum absolute atomic E-state index is 0.184. The average molecular weight is 478 g/mol. The number of halogens is 1. The first-order valence-corrected chi connectivity index (χ1v) is 11.9. The predicted molar refractivity (Wildman–Crippen MR) is 137 cm³/mol. The molecule has 2 heterocycles. The molecule has 1 atom stereocenters. The molecule has 0 saturated carbocycles. The zero-order valence-corrected chi connectivity index (χ0v) is 20.0. The number of fused-ring (bicyclic) bond motifs is 1. The lowest BCUT2D eigenvalue weighted by Gasteiger charge is -2.22. The number of hydrogen-bond donors (Lipinski definition) is 2. The minimum atomic E-state index is -0.184. The van der Waals surface area contributed by atoms with Crippen LogP contribution in [0.3, 0.4) is 0 Å². The molecule has 2 N–H and O–H groups in total. The molecule has 5 rings (SSSR count). The molecule has 6 heteroatoms. The van der Waals surface area contributed by atoms with Gasteiger partial charge in [0.1, 0.15) is 36.2 Å². The van der Waals surface area contributed by atoms with Gasteiger partial charge in [-0.05, 0) is 73.5 Å². The van der Waals surface area contributed by atoms with E-state index in [4.69, 9.17) is 9.47 Å². The summed E-state index contributed by atoms with van der Waals surface area (Å²) in [5, 5.41) is 19.2. The number of likely N-dealkylation sites (tertiary alicyclic amines) is 1. The first-order valence-electron chi connectivity index (χ1n) is 11.9. The van der Waals surface area contributed by atoms with Crippen LogP contribution in [0.5, 0.6) is 23.0 Å². The van der Waals surface area contributed by atoms with Crippen LogP contribution < -0.4 is 9.47 Å². The van der Waals surface area contributed by atoms with Gasteiger partial charge >= 0.3 is 0 Å². The first-order chi connectivity index (χ1) is 17.0. The van der Waals surface area contributed by atoms with Crippen LogP contribution in [0.25, 0.3) is 11.1 Å². The largest absolute Gasteiger partial charge is 0.508 e. The Labute approximate surface area is 206 Å². The van der Waals surface area contributed by atoms with E-state index in [0.29, 0.717) is 13.2 Å². The number of alkyl halides is 1. The van der Waals surface area contributed by atoms with Crippen molar-refractivity contribution in [2.24, 2.45) is 5.92 Å². The highest BCUT2D eigenvalue weighted by atomic mass is 19.1. The summed E-state index contributed by atoms with van der Waals surface area (Å²) in [5.41, 5.74) is 3.91. The minimum Gasteiger partial charge on any atom is -0.508 e. The van der Waals surface area contributed by atoms with Gasteiger partial charge in [0.25, 0.3) is 0 Å². The molecule has 0 aliphatic carbocycles. The second-order valence-electron chi connectivity index (χ2n) is 8.89. The van der Waals surface area contributed by atoms with Gasteiger partial charge in [-0.25, -0.2) is 0 Å². The van der Waals surface area contributed by atoms with Gasteiger partial charge in [-0.2, -0.15) is 0 Å². The zero-order chi connectivity index (χ0) is 24.6. The standard InChI is InChI=1S/C16H14O3.C13H18FNO/c1-10-14-8-13(18)5-6-16(14)19-9-15(10)11-3-2-4-12(17)7-11;14-10-12-6-7-15(11-12)8-9-16-13-4-2-1-3-5-13/h2-8,17-18H,9H2,1H3;1-5,12H,6-11H2. The Morgan fingerprint density at radius 1 is 1.00 bits per heavy atom. The van der Waals surface area contributed by atoms with E-state index < -0.39 is 0 Å². The molecule has 0 radical (unpaired) electrons. The number of hydrogen-bond acceptors (Lipinski definition) is 5. The Morgan fingerprint density at radius 2 is 1.80 bits per heavy atom. The van der Waals surface area contributed by atoms with Crippen molar-refractivity contribution in [3.8, 4) is 23.0 Å². The maximum absolute atomic E-state index is 12.4. The summed E-state index contributed by atoms with van der Waals surface area (Å²) in [5.74, 6) is 2.39. The van der Waals surface area contributed by atoms with Crippen molar-refractivity contribution in [2.75, 3.05) is 39.5 Å². The van der Waals surface area contributed by atoms with Crippen LogP contribution >= 0.6 is 0 Å². The van der Waals surface area contributed by atoms with Crippen molar-refractivity contribution in [3.63, 3.8) is 0 Å². The molecule has 0 aromatic heterocycles. The normalized spacial score (nSPS) is 17.3. The third kappa shape index (κ3) is 6.55. The van der Waals surface area contributed by atoms with E-state index in [0.717, 1.165) is 59.8 Å². The van der Waals surface area contributed by atoms with Crippen molar-refractivity contribution in [2.45, 2.75) is 13.3 Å². The molecule has 2 aliphatic heterocycles. The molecule has 1 fully saturated rings. The second-order valence-corrected chi connectivity index (χ2v) is 8.89. The SMILES string of the molecule is CC1=C(c2cccc(O)c2)COc2ccc(O)cc21.FCC1CCN(CCOc2ccccc2)C1. The Bertz CT molecular complexity index is 1150. The summed E-state index contributed by atoms with van der Waals surface area (Å²) in [7, 11) is 0. The molecule has 3 aromatic rings. The molecule has 35 heavy (non-hydrogen) atoms. The number of aromatic hydroxyl groups is 2. The Morgan fingerprint density at radius 3 is 2.54 bits per heavy atom. The summed E-state index contributed by atoms with van der Waals surface area (Å²) in [6.45, 7) is 5.75. The fourth-order valence-electron chi connectivity index (χ4n) is 4.40. The number of rotatable bonds is 6. The highest BCUT2D eigenvalue weighted by molar-refractivity contribution is 5.94. The summed E-state index contributed by atoms with van der Waals surface area (Å²) >= 11 is 0. The van der Waals surface area contributed by atoms with Crippen molar-refractivity contribution in [1.29, 1.82) is 0 Å². The van der Waals surface area contributed by atoms with Crippen molar-refractivity contribution in [3.05, 3.63) is 83.9 Å². The van der Waals surface area contributed by atoms with Gasteiger partial charge in [0.15, 0.2) is 0 Å². The Hall–Kier alpha value is -3.51. The lowest BCUT2D eigenvalue weighted by molar-refractivity contribution is 0.228. The van der Waals surface area contributed by atoms with Gasteiger partial charge in [-0.15, -0.1) is 0 Å². The van der Waals surface area contributed by atoms with E-state index in [2.05, 4.69) is 4.90 Å². The Balaban J connectivity index is 0.000000168. The van der Waals surface area contributed by atoms with Crippen LogP contribution in [-0.2, 0) is 0 Å². The molecular weight excluding hydrogens is 445 g/mol. The van der Waals surface area contributed by atoms with Crippen LogP contribution in [0.4, 0.5) is 4.39 Å². The fraction of sp³-hybridized carbons (Fsp3) is 0.310. The van der Waals surface area contributed by atoms with Gasteiger partial charge in [0, 0.05) is 30.1 Å². The fourth-order valence-corrected chi connectivity index (χ4v) is 4.40. The molecule has 0 bridgehead atoms. The average Bonchev–Trinajstić information content (AvgIpc) is 3.34. The van der Waals surface area contributed by atoms with Gasteiger partial charge in [-0.3, -0.25) is 9.29 Å². The molecule has 0 spiro atoms. The van der Waals surface area contributed by atoms with Crippen molar-refractivity contribution < 1.29 is 24.1 Å². The summed E-state index contributed by atoms with van der Waals surface area (Å²) < 4.78 is 23.7. The molecule has 0 amide bonds. The lowest BCUT2D eigenvalue weighted by Crippen LogP contribution is -2.26. The number of benzene rings is 3. The molecule has 1 unspecified atom stereocenters. The van der Waals surface area contributed by atoms with E-state index in [1.807, 2.05) is 49.4 Å². The van der Waals surface area contributed by atoms with Crippen molar-refractivity contribution >= 4 is 11.1 Å². The third-order valence-corrected chi connectivity index (χ3v) is 6.39. The summed E-state index contributed by atoms with van der Waals surface area (Å²) in [4.78, 5) is 2.27. The van der Waals surface area contributed by atoms with E-state index in [1.54, 1.807) is 30.3 Å². The number of ether oxygens (including phenoxy) is 2. The lowest BCUT2D eigenvalue weighted by atomic mass is 9.93. The highest BCUT2D eigenvalue weighted by Gasteiger charge is 2.22. The molecule has 5 nitrogen and oxygen atoms in total. The topological polar surface area (TPSA) is 62.2 Å². The first kappa shape index (κ1) is 24.6. The van der Waals surface area contributed by atoms with Crippen LogP contribution in [0, 0.1) is 5.92 Å². The van der Waals surface area contributed by atoms with Crippen LogP contribution in [-0.4, -0.2) is 54.6 Å². The summed E-state index contributed by atoms with van der Waals surface area (Å²) in [6.07, 6.45) is 0.988. The van der Waals surface area contributed by atoms with Crippen LogP contribution in [0.15, 0.2) is 72.8 Å². The third-order valence-electron chi connectivity index (χ3n) is 6.39. The predicted octanol–water partition coefficient (Wildman–Crippen LogP) is 5.78. The van der Waals surface area contributed by atoms with Gasteiger partial charge in [0.2, 0.25) is 0 Å². The molecule has 2 aliphatic rings. The number of para-hydroxylation sites is 1. The highest BCUT2D eigenvalue weighted by Crippen LogP contribution is 2.38. The molecular formula is C29H32FNO4. The summed E-state index contributed by atoms with van der Waals surface area (Å²) in [6, 6.07) is 22.0. The van der Waals surface area contributed by atoms with E-state index in [1.165, 1.54) is 0 Å². The van der Waals surface area contributed by atoms with Gasteiger partial charge in [0.05, 0.1) is 6.67 Å². The molecule has 184 valence electrons. The number of phenolic OH excluding ortho intramolecular Hbond substituents is 2. The van der Waals surface area contributed by atoms with Crippen molar-refractivity contribution in [1.82, 2.24) is 4.90 Å². The number of allylic oxidation sites excluding steroid dienone is 1. The van der Waals surface area contributed by atoms with Crippen LogP contribution in [0.2, 0.25) is 0 Å². The van der Waals surface area contributed by atoms with E-state index in [-0.39, 0.29) is 24.1 Å². The Kier molecular flexibility index (Phi) is 8.27. The quantitative estimate of drug-likeness (QED) is 0.471. The van der Waals surface area contributed by atoms with Gasteiger partial charge in [-0.1, -0.05) is 30.3 Å².